The summed E-state index contributed by atoms with van der Waals surface area (Å²) in [5.74, 6) is 0. The normalized spacial score (nSPS) is 17.0. The Bertz CT molecular complexity index is 275. The van der Waals surface area contributed by atoms with E-state index in [9.17, 15) is 4.21 Å². The van der Waals surface area contributed by atoms with Gasteiger partial charge < -0.3 is 4.55 Å². The van der Waals surface area contributed by atoms with Crippen LogP contribution in [0.2, 0.25) is 0 Å². The first-order chi connectivity index (χ1) is 4.11. The number of rotatable bonds is 1. The monoisotopic (exact) mass is 182 g/mol. The van der Waals surface area contributed by atoms with Gasteiger partial charge in [0.05, 0.1) is 0 Å². The Balaban J connectivity index is 3.20. The van der Waals surface area contributed by atoms with Crippen molar-refractivity contribution in [2.24, 2.45) is 0 Å². The Morgan fingerprint density at radius 1 is 1.89 bits per heavy atom. The van der Waals surface area contributed by atoms with Crippen molar-refractivity contribution < 1.29 is 8.76 Å². The molecule has 1 aromatic rings. The molecule has 0 amide bonds. The molecule has 0 aliphatic rings. The highest BCUT2D eigenvalue weighted by molar-refractivity contribution is 8.30. The quantitative estimate of drug-likeness (QED) is 0.668. The minimum atomic E-state index is -3.28. The van der Waals surface area contributed by atoms with Crippen molar-refractivity contribution in [3.8, 4) is 0 Å². The van der Waals surface area contributed by atoms with Crippen molar-refractivity contribution in [2.45, 2.75) is 4.34 Å². The minimum absolute atomic E-state index is 0.00231. The molecule has 0 saturated heterocycles. The number of hydrogen-bond acceptors (Lipinski definition) is 5. The molecule has 1 rings (SSSR count). The van der Waals surface area contributed by atoms with E-state index < -0.39 is 8.77 Å². The minimum Gasteiger partial charge on any atom is -0.300 e. The molecule has 1 N–H and O–H groups in total. The molecule has 0 bridgehead atoms. The lowest BCUT2D eigenvalue weighted by Gasteiger charge is -1.85. The van der Waals surface area contributed by atoms with Crippen molar-refractivity contribution in [3.05, 3.63) is 5.51 Å². The SMILES string of the molecule is O=S(O)(=S)c1nncs1. The van der Waals surface area contributed by atoms with E-state index in [-0.39, 0.29) is 4.34 Å². The van der Waals surface area contributed by atoms with Gasteiger partial charge in [0.15, 0.2) is 0 Å². The van der Waals surface area contributed by atoms with Gasteiger partial charge >= 0.3 is 0 Å². The molecule has 1 heterocycles. The van der Waals surface area contributed by atoms with Crippen LogP contribution in [0.3, 0.4) is 0 Å². The van der Waals surface area contributed by atoms with Crippen molar-refractivity contribution >= 4 is 31.3 Å². The van der Waals surface area contributed by atoms with E-state index in [4.69, 9.17) is 4.55 Å². The maximum Gasteiger partial charge on any atom is 0.232 e. The maximum absolute atomic E-state index is 10.5. The second-order valence-corrected chi connectivity index (χ2v) is 4.96. The van der Waals surface area contributed by atoms with Gasteiger partial charge in [-0.05, 0) is 0 Å². The highest BCUT2D eigenvalue weighted by Crippen LogP contribution is 2.08. The summed E-state index contributed by atoms with van der Waals surface area (Å²) in [6.07, 6.45) is 0. The predicted molar refractivity (Wildman–Crippen MR) is 36.3 cm³/mol. The summed E-state index contributed by atoms with van der Waals surface area (Å²) >= 11 is 5.17. The van der Waals surface area contributed by atoms with Crippen LogP contribution in [0.1, 0.15) is 0 Å². The van der Waals surface area contributed by atoms with E-state index in [1.165, 1.54) is 5.51 Å². The van der Waals surface area contributed by atoms with Crippen LogP contribution in [-0.4, -0.2) is 19.0 Å². The summed E-state index contributed by atoms with van der Waals surface area (Å²) in [7, 11) is -3.28. The molecular formula is C2H2N2O2S3. The van der Waals surface area contributed by atoms with E-state index >= 15 is 0 Å². The van der Waals surface area contributed by atoms with Gasteiger partial charge in [0.1, 0.15) is 5.51 Å². The van der Waals surface area contributed by atoms with Crippen LogP contribution in [0.15, 0.2) is 9.85 Å². The van der Waals surface area contributed by atoms with Gasteiger partial charge in [-0.3, -0.25) is 0 Å². The first-order valence-corrected chi connectivity index (χ1v) is 5.16. The second-order valence-electron chi connectivity index (χ2n) is 1.18. The fraction of sp³-hybridized carbons (Fsp3) is 0. The number of nitrogens with zero attached hydrogens (tertiary/aromatic N) is 2. The first-order valence-electron chi connectivity index (χ1n) is 1.84. The molecule has 0 radical (unpaired) electrons. The molecule has 1 atom stereocenters. The van der Waals surface area contributed by atoms with Gasteiger partial charge in [-0.25, -0.2) is 4.21 Å². The highest BCUT2D eigenvalue weighted by Gasteiger charge is 2.07. The molecule has 0 aromatic carbocycles. The van der Waals surface area contributed by atoms with Crippen LogP contribution in [0.25, 0.3) is 0 Å². The third-order valence-electron chi connectivity index (χ3n) is 0.561. The molecule has 0 saturated carbocycles. The first kappa shape index (κ1) is 7.00. The fourth-order valence-electron chi connectivity index (χ4n) is 0.275. The number of hydrogen-bond donors (Lipinski definition) is 1. The van der Waals surface area contributed by atoms with Crippen molar-refractivity contribution in [1.82, 2.24) is 10.2 Å². The Labute approximate surface area is 60.4 Å². The molecule has 1 unspecified atom stereocenters. The number of aromatic nitrogens is 2. The largest absolute Gasteiger partial charge is 0.300 e. The molecule has 7 heteroatoms. The Morgan fingerprint density at radius 3 is 2.78 bits per heavy atom. The summed E-state index contributed by atoms with van der Waals surface area (Å²) < 4.78 is 19.2. The van der Waals surface area contributed by atoms with Gasteiger partial charge in [-0.1, -0.05) is 11.3 Å². The summed E-state index contributed by atoms with van der Waals surface area (Å²) in [5.41, 5.74) is 1.36. The van der Waals surface area contributed by atoms with Crippen LogP contribution in [0, 0.1) is 0 Å². The van der Waals surface area contributed by atoms with Crippen LogP contribution in [0.5, 0.6) is 0 Å². The zero-order valence-corrected chi connectivity index (χ0v) is 6.50. The molecule has 0 aliphatic heterocycles. The lowest BCUT2D eigenvalue weighted by molar-refractivity contribution is 0.559. The van der Waals surface area contributed by atoms with Gasteiger partial charge in [-0.2, -0.15) is 0 Å². The second kappa shape index (κ2) is 2.25. The van der Waals surface area contributed by atoms with E-state index in [1.807, 2.05) is 0 Å². The Kier molecular flexibility index (Phi) is 1.75. The molecular weight excluding hydrogens is 180 g/mol. The van der Waals surface area contributed by atoms with E-state index in [2.05, 4.69) is 21.4 Å². The average Bonchev–Trinajstić information content (AvgIpc) is 2.08. The molecule has 0 aliphatic carbocycles. The highest BCUT2D eigenvalue weighted by atomic mass is 32.8. The molecule has 9 heavy (non-hydrogen) atoms. The molecule has 1 aromatic heterocycles. The summed E-state index contributed by atoms with van der Waals surface area (Å²) in [4.78, 5) is 0. The van der Waals surface area contributed by atoms with Crippen LogP contribution >= 0.6 is 11.3 Å². The topological polar surface area (TPSA) is 63.1 Å². The summed E-state index contributed by atoms with van der Waals surface area (Å²) in [6, 6.07) is 0. The van der Waals surface area contributed by atoms with Gasteiger partial charge in [-0.15, -0.1) is 10.2 Å². The fourth-order valence-corrected chi connectivity index (χ4v) is 1.77. The molecule has 0 fully saturated rings. The van der Waals surface area contributed by atoms with E-state index in [1.54, 1.807) is 0 Å². The van der Waals surface area contributed by atoms with E-state index in [0.29, 0.717) is 0 Å². The predicted octanol–water partition coefficient (Wildman–Crippen LogP) is 0.116. The van der Waals surface area contributed by atoms with Gasteiger partial charge in [0, 0.05) is 11.2 Å². The summed E-state index contributed by atoms with van der Waals surface area (Å²) in [6.45, 7) is 0. The lowest BCUT2D eigenvalue weighted by Crippen LogP contribution is -1.94. The van der Waals surface area contributed by atoms with Gasteiger partial charge in [0.2, 0.25) is 13.1 Å². The zero-order chi connectivity index (χ0) is 6.91. The van der Waals surface area contributed by atoms with Crippen molar-refractivity contribution in [1.29, 1.82) is 0 Å². The van der Waals surface area contributed by atoms with Crippen LogP contribution < -0.4 is 0 Å². The Hall–Kier alpha value is -0.110. The average molecular weight is 182 g/mol. The lowest BCUT2D eigenvalue weighted by atomic mass is 11.6. The molecule has 50 valence electrons. The van der Waals surface area contributed by atoms with Crippen molar-refractivity contribution in [3.63, 3.8) is 0 Å². The van der Waals surface area contributed by atoms with Crippen LogP contribution in [0.4, 0.5) is 0 Å². The smallest absolute Gasteiger partial charge is 0.232 e. The van der Waals surface area contributed by atoms with Crippen LogP contribution in [-0.2, 0) is 20.0 Å². The molecule has 0 spiro atoms. The third-order valence-corrected chi connectivity index (χ3v) is 3.32. The Morgan fingerprint density at radius 2 is 2.56 bits per heavy atom. The van der Waals surface area contributed by atoms with E-state index in [0.717, 1.165) is 11.3 Å². The standard InChI is InChI=1S/C2H2N2O2S3/c5-9(6,7)2-4-3-1-8-2/h1H,(H,5,6,7). The third kappa shape index (κ3) is 1.65. The zero-order valence-electron chi connectivity index (χ0n) is 4.05. The molecule has 4 nitrogen and oxygen atoms in total. The van der Waals surface area contributed by atoms with Gasteiger partial charge in [0.25, 0.3) is 0 Å². The summed E-state index contributed by atoms with van der Waals surface area (Å²) in [5, 5.41) is 6.68. The maximum atomic E-state index is 10.5. The van der Waals surface area contributed by atoms with Crippen molar-refractivity contribution in [2.75, 3.05) is 0 Å².